The number of H-pyrrole nitrogens is 1. The van der Waals surface area contributed by atoms with Gasteiger partial charge in [0.05, 0.1) is 23.4 Å². The summed E-state index contributed by atoms with van der Waals surface area (Å²) in [5.41, 5.74) is 0.326. The molecule has 1 heterocycles. The van der Waals surface area contributed by atoms with Crippen molar-refractivity contribution in [1.82, 2.24) is 10.2 Å². The molecule has 126 valence electrons. The first-order chi connectivity index (χ1) is 11.3. The average Bonchev–Trinajstić information content (AvgIpc) is 3.14. The summed E-state index contributed by atoms with van der Waals surface area (Å²) in [6.07, 6.45) is -5.60. The van der Waals surface area contributed by atoms with Crippen LogP contribution in [0.4, 0.5) is 17.6 Å². The molecule has 3 aliphatic rings. The van der Waals surface area contributed by atoms with Gasteiger partial charge in [-0.25, -0.2) is 4.39 Å². The fourth-order valence-electron chi connectivity index (χ4n) is 5.16. The molecule has 0 radical (unpaired) electrons. The number of aliphatic hydroxyl groups excluding tert-OH is 1. The van der Waals surface area contributed by atoms with Crippen molar-refractivity contribution < 1.29 is 22.7 Å². The smallest absolute Gasteiger partial charge is 0.388 e. The van der Waals surface area contributed by atoms with Gasteiger partial charge in [0.1, 0.15) is 6.17 Å². The first-order valence-corrected chi connectivity index (χ1v) is 7.91. The quantitative estimate of drug-likeness (QED) is 0.722. The van der Waals surface area contributed by atoms with Crippen molar-refractivity contribution >= 4 is 16.5 Å². The highest BCUT2D eigenvalue weighted by Gasteiger charge is 2.62. The Labute approximate surface area is 134 Å². The summed E-state index contributed by atoms with van der Waals surface area (Å²) in [5, 5.41) is 17.8. The molecule has 0 aliphatic heterocycles. The summed E-state index contributed by atoms with van der Waals surface area (Å²) in [7, 11) is 0. The maximum atomic E-state index is 14.4. The third kappa shape index (κ3) is 1.58. The van der Waals surface area contributed by atoms with E-state index in [9.17, 15) is 22.7 Å². The number of fused-ring (bicyclic) bond motifs is 5. The molecule has 1 saturated carbocycles. The van der Waals surface area contributed by atoms with Crippen LogP contribution in [0.1, 0.15) is 24.0 Å². The molecule has 4 atom stereocenters. The van der Waals surface area contributed by atoms with Crippen molar-refractivity contribution in [2.75, 3.05) is 0 Å². The number of hydrogen-bond donors (Lipinski definition) is 2. The van der Waals surface area contributed by atoms with E-state index in [1.807, 2.05) is 0 Å². The van der Waals surface area contributed by atoms with Crippen molar-refractivity contribution in [2.45, 2.75) is 37.7 Å². The Balaban J connectivity index is 1.86. The van der Waals surface area contributed by atoms with Crippen LogP contribution in [-0.4, -0.2) is 33.8 Å². The highest BCUT2D eigenvalue weighted by molar-refractivity contribution is 5.93. The first kappa shape index (κ1) is 14.5. The van der Waals surface area contributed by atoms with Crippen LogP contribution in [0.3, 0.4) is 0 Å². The minimum Gasteiger partial charge on any atom is -0.388 e. The van der Waals surface area contributed by atoms with Crippen LogP contribution in [0.5, 0.6) is 0 Å². The molecule has 2 N–H and O–H groups in total. The number of halogens is 4. The predicted molar refractivity (Wildman–Crippen MR) is 78.8 cm³/mol. The van der Waals surface area contributed by atoms with Crippen molar-refractivity contribution in [3.05, 3.63) is 35.0 Å². The monoisotopic (exact) mass is 338 g/mol. The van der Waals surface area contributed by atoms with E-state index in [1.165, 1.54) is 0 Å². The van der Waals surface area contributed by atoms with Crippen LogP contribution in [0.25, 0.3) is 16.5 Å². The van der Waals surface area contributed by atoms with Gasteiger partial charge in [0.15, 0.2) is 0 Å². The van der Waals surface area contributed by atoms with Gasteiger partial charge in [0, 0.05) is 16.7 Å². The number of aliphatic hydroxyl groups is 1. The van der Waals surface area contributed by atoms with Crippen molar-refractivity contribution in [1.29, 1.82) is 0 Å². The highest BCUT2D eigenvalue weighted by atomic mass is 19.4. The molecule has 7 heteroatoms. The molecule has 0 saturated heterocycles. The van der Waals surface area contributed by atoms with Crippen molar-refractivity contribution in [3.8, 4) is 0 Å². The first-order valence-electron chi connectivity index (χ1n) is 7.91. The van der Waals surface area contributed by atoms with Crippen LogP contribution >= 0.6 is 0 Å². The normalized spacial score (nSPS) is 34.8. The molecular weight excluding hydrogens is 324 g/mol. The predicted octanol–water partition coefficient (Wildman–Crippen LogP) is 3.54. The van der Waals surface area contributed by atoms with Crippen LogP contribution in [0, 0.1) is 11.3 Å². The molecule has 1 fully saturated rings. The Morgan fingerprint density at radius 1 is 1.25 bits per heavy atom. The van der Waals surface area contributed by atoms with Gasteiger partial charge >= 0.3 is 6.18 Å². The zero-order valence-electron chi connectivity index (χ0n) is 12.5. The zero-order valence-corrected chi connectivity index (χ0v) is 12.5. The third-order valence-electron chi connectivity index (χ3n) is 6.00. The largest absolute Gasteiger partial charge is 0.415 e. The minimum absolute atomic E-state index is 0.0393. The van der Waals surface area contributed by atoms with Crippen LogP contribution in [0.15, 0.2) is 23.9 Å². The van der Waals surface area contributed by atoms with E-state index in [4.69, 9.17) is 0 Å². The van der Waals surface area contributed by atoms with Gasteiger partial charge in [0.2, 0.25) is 0 Å². The van der Waals surface area contributed by atoms with Gasteiger partial charge in [-0.1, -0.05) is 6.07 Å². The number of alkyl halides is 4. The molecule has 5 rings (SSSR count). The number of nitrogens with zero attached hydrogens (tertiary/aromatic N) is 1. The molecule has 2 bridgehead atoms. The number of rotatable bonds is 0. The second-order valence-electron chi connectivity index (χ2n) is 7.20. The van der Waals surface area contributed by atoms with E-state index in [1.54, 1.807) is 18.3 Å². The van der Waals surface area contributed by atoms with E-state index >= 15 is 0 Å². The Morgan fingerprint density at radius 3 is 2.79 bits per heavy atom. The number of aromatic amines is 1. The summed E-state index contributed by atoms with van der Waals surface area (Å²) in [4.78, 5) is 0. The Morgan fingerprint density at radius 2 is 2.04 bits per heavy atom. The summed E-state index contributed by atoms with van der Waals surface area (Å²) in [5.74, 6) is -0.973. The van der Waals surface area contributed by atoms with Crippen molar-refractivity contribution in [3.63, 3.8) is 0 Å². The maximum absolute atomic E-state index is 14.4. The minimum atomic E-state index is -4.67. The second kappa shape index (κ2) is 4.20. The number of nitrogens with one attached hydrogen (secondary N) is 1. The summed E-state index contributed by atoms with van der Waals surface area (Å²) >= 11 is 0. The van der Waals surface area contributed by atoms with Crippen LogP contribution in [0.2, 0.25) is 0 Å². The zero-order chi connectivity index (χ0) is 16.9. The number of aromatic nitrogens is 2. The van der Waals surface area contributed by atoms with Crippen LogP contribution < -0.4 is 0 Å². The number of benzene rings is 1. The number of allylic oxidation sites excluding steroid dienone is 1. The molecule has 2 aromatic rings. The molecule has 3 nitrogen and oxygen atoms in total. The van der Waals surface area contributed by atoms with E-state index in [0.717, 1.165) is 16.5 Å². The molecule has 1 spiro atoms. The molecular formula is C17H14F4N2O. The fraction of sp³-hybridized carbons (Fsp3) is 0.471. The van der Waals surface area contributed by atoms with Gasteiger partial charge in [-0.15, -0.1) is 0 Å². The SMILES string of the molecule is O[C@@H]1C(C(F)(F)F)=C2c3ccc4[nH]ncc4c3CC23CC1[C@@H](F)C3. The van der Waals surface area contributed by atoms with E-state index < -0.39 is 35.4 Å². The molecule has 0 amide bonds. The molecule has 1 aromatic heterocycles. The molecule has 2 unspecified atom stereocenters. The highest BCUT2D eigenvalue weighted by Crippen LogP contribution is 2.66. The fourth-order valence-corrected chi connectivity index (χ4v) is 5.16. The maximum Gasteiger partial charge on any atom is 0.415 e. The third-order valence-corrected chi connectivity index (χ3v) is 6.00. The summed E-state index contributed by atoms with van der Waals surface area (Å²) in [6, 6.07) is 3.34. The van der Waals surface area contributed by atoms with Crippen LogP contribution in [-0.2, 0) is 6.42 Å². The average molecular weight is 338 g/mol. The van der Waals surface area contributed by atoms with Gasteiger partial charge in [-0.3, -0.25) is 5.10 Å². The summed E-state index contributed by atoms with van der Waals surface area (Å²) in [6.45, 7) is 0. The van der Waals surface area contributed by atoms with Gasteiger partial charge in [-0.05, 0) is 42.0 Å². The standard InChI is InChI=1S/C17H14F4N2O/c18-11-5-16-3-8-7(1-2-12-10(8)6-22-23-12)13(16)14(17(19,20)21)15(24)9(11)4-16/h1-2,6,9,11,15,24H,3-5H2,(H,22,23)/t9?,11-,15-,16?/m0/s1. The second-order valence-corrected chi connectivity index (χ2v) is 7.20. The lowest BCUT2D eigenvalue weighted by atomic mass is 9.70. The lowest BCUT2D eigenvalue weighted by molar-refractivity contribution is -0.112. The topological polar surface area (TPSA) is 48.9 Å². The molecule has 24 heavy (non-hydrogen) atoms. The van der Waals surface area contributed by atoms with E-state index in [2.05, 4.69) is 10.2 Å². The van der Waals surface area contributed by atoms with Gasteiger partial charge < -0.3 is 5.11 Å². The lowest BCUT2D eigenvalue weighted by Gasteiger charge is -2.36. The van der Waals surface area contributed by atoms with E-state index in [0.29, 0.717) is 12.0 Å². The molecule has 3 aliphatic carbocycles. The van der Waals surface area contributed by atoms with Gasteiger partial charge in [0.25, 0.3) is 0 Å². The Bertz CT molecular complexity index is 900. The molecule has 1 aromatic carbocycles. The van der Waals surface area contributed by atoms with Gasteiger partial charge in [-0.2, -0.15) is 18.3 Å². The van der Waals surface area contributed by atoms with Crippen molar-refractivity contribution in [2.24, 2.45) is 11.3 Å². The summed E-state index contributed by atoms with van der Waals surface area (Å²) < 4.78 is 55.6. The Kier molecular flexibility index (Phi) is 2.53. The lowest BCUT2D eigenvalue weighted by Crippen LogP contribution is -2.38. The number of hydrogen-bond acceptors (Lipinski definition) is 2. The Hall–Kier alpha value is -1.89. The van der Waals surface area contributed by atoms with E-state index in [-0.39, 0.29) is 18.4 Å².